The molecule has 0 fully saturated rings. The van der Waals surface area contributed by atoms with E-state index < -0.39 is 17.1 Å². The summed E-state index contributed by atoms with van der Waals surface area (Å²) in [4.78, 5) is 32.5. The number of hydrogen-bond donors (Lipinski definition) is 3. The first-order valence-electron chi connectivity index (χ1n) is 5.84. The molecule has 7 heteroatoms. The van der Waals surface area contributed by atoms with Gasteiger partial charge in [0.1, 0.15) is 5.56 Å². The van der Waals surface area contributed by atoms with Gasteiger partial charge >= 0.3 is 5.69 Å². The summed E-state index contributed by atoms with van der Waals surface area (Å²) in [7, 11) is 3.85. The smallest absolute Gasteiger partial charge is 0.328 e. The first-order valence-corrected chi connectivity index (χ1v) is 5.84. The lowest BCUT2D eigenvalue weighted by Crippen LogP contribution is -2.24. The zero-order valence-corrected chi connectivity index (χ0v) is 11.0. The molecule has 7 nitrogen and oxygen atoms in total. The van der Waals surface area contributed by atoms with E-state index in [1.807, 2.05) is 36.1 Å². The molecule has 0 spiro atoms. The van der Waals surface area contributed by atoms with Crippen LogP contribution in [0.3, 0.4) is 0 Å². The maximum Gasteiger partial charge on any atom is 0.328 e. The van der Waals surface area contributed by atoms with E-state index in [1.54, 1.807) is 12.1 Å². The number of aromatic amines is 2. The van der Waals surface area contributed by atoms with Gasteiger partial charge in [-0.25, -0.2) is 4.79 Å². The van der Waals surface area contributed by atoms with Crippen LogP contribution in [0.4, 0.5) is 11.4 Å². The molecule has 1 aromatic carbocycles. The average molecular weight is 274 g/mol. The molecule has 0 bridgehead atoms. The number of rotatable bonds is 3. The number of aliphatic imine (C=N–C) groups is 1. The van der Waals surface area contributed by atoms with Gasteiger partial charge in [0.2, 0.25) is 5.88 Å². The summed E-state index contributed by atoms with van der Waals surface area (Å²) in [6, 6.07) is 7.32. The fourth-order valence-electron chi connectivity index (χ4n) is 1.58. The van der Waals surface area contributed by atoms with Crippen LogP contribution in [0.25, 0.3) is 0 Å². The van der Waals surface area contributed by atoms with Crippen molar-refractivity contribution in [2.45, 2.75) is 0 Å². The molecule has 0 aliphatic carbocycles. The van der Waals surface area contributed by atoms with E-state index in [9.17, 15) is 14.7 Å². The van der Waals surface area contributed by atoms with Crippen LogP contribution in [0.15, 0.2) is 38.8 Å². The van der Waals surface area contributed by atoms with E-state index in [1.165, 1.54) is 6.21 Å². The highest BCUT2D eigenvalue weighted by Crippen LogP contribution is 2.18. The number of H-pyrrole nitrogens is 2. The maximum absolute atomic E-state index is 11.5. The predicted molar refractivity (Wildman–Crippen MR) is 77.4 cm³/mol. The number of nitrogens with one attached hydrogen (secondary N) is 2. The van der Waals surface area contributed by atoms with Crippen molar-refractivity contribution < 1.29 is 5.11 Å². The Morgan fingerprint density at radius 3 is 2.35 bits per heavy atom. The molecule has 0 aliphatic heterocycles. The van der Waals surface area contributed by atoms with Crippen molar-refractivity contribution in [3.63, 3.8) is 0 Å². The number of aromatic hydroxyl groups is 1. The van der Waals surface area contributed by atoms with E-state index >= 15 is 0 Å². The topological polar surface area (TPSA) is 102 Å². The van der Waals surface area contributed by atoms with Crippen LogP contribution in [-0.2, 0) is 0 Å². The zero-order valence-electron chi connectivity index (χ0n) is 11.0. The Labute approximate surface area is 114 Å². The molecule has 1 aromatic heterocycles. The highest BCUT2D eigenvalue weighted by Gasteiger charge is 2.05. The Morgan fingerprint density at radius 1 is 1.15 bits per heavy atom. The highest BCUT2D eigenvalue weighted by atomic mass is 16.3. The molecule has 2 rings (SSSR count). The second-order valence-corrected chi connectivity index (χ2v) is 4.34. The third-order valence-electron chi connectivity index (χ3n) is 2.67. The number of nitrogens with zero attached hydrogens (tertiary/aromatic N) is 2. The van der Waals surface area contributed by atoms with Crippen molar-refractivity contribution in [2.75, 3.05) is 19.0 Å². The summed E-state index contributed by atoms with van der Waals surface area (Å²) in [5, 5.41) is 9.49. The van der Waals surface area contributed by atoms with Crippen molar-refractivity contribution >= 4 is 17.6 Å². The van der Waals surface area contributed by atoms with E-state index in [2.05, 4.69) is 9.98 Å². The fourth-order valence-corrected chi connectivity index (χ4v) is 1.58. The molecule has 0 aliphatic rings. The van der Waals surface area contributed by atoms with Crippen LogP contribution >= 0.6 is 0 Å². The van der Waals surface area contributed by atoms with E-state index in [0.717, 1.165) is 5.69 Å². The van der Waals surface area contributed by atoms with Crippen LogP contribution in [0.2, 0.25) is 0 Å². The number of aromatic nitrogens is 2. The van der Waals surface area contributed by atoms with Crippen molar-refractivity contribution in [1.29, 1.82) is 0 Å². The lowest BCUT2D eigenvalue weighted by Gasteiger charge is -2.11. The minimum absolute atomic E-state index is 0.0960. The standard InChI is InChI=1S/C13H14N4O3/c1-17(2)9-5-3-8(4-6-9)14-7-10-11(18)15-13(20)16-12(10)19/h3-7H,1-2H3,(H3,15,16,18,19,20). The van der Waals surface area contributed by atoms with Gasteiger partial charge in [0.05, 0.1) is 5.69 Å². The predicted octanol–water partition coefficient (Wildman–Crippen LogP) is 0.585. The maximum atomic E-state index is 11.5. The van der Waals surface area contributed by atoms with Crippen LogP contribution in [0, 0.1) is 0 Å². The summed E-state index contributed by atoms with van der Waals surface area (Å²) in [5.41, 5.74) is 0.0930. The van der Waals surface area contributed by atoms with Crippen LogP contribution in [0.5, 0.6) is 5.88 Å². The van der Waals surface area contributed by atoms with Gasteiger partial charge in [0.25, 0.3) is 5.56 Å². The summed E-state index contributed by atoms with van der Waals surface area (Å²) in [5.74, 6) is -0.507. The highest BCUT2D eigenvalue weighted by molar-refractivity contribution is 5.83. The molecule has 0 atom stereocenters. The third-order valence-corrected chi connectivity index (χ3v) is 2.67. The van der Waals surface area contributed by atoms with Crippen LogP contribution < -0.4 is 16.1 Å². The van der Waals surface area contributed by atoms with Gasteiger partial charge < -0.3 is 10.0 Å². The van der Waals surface area contributed by atoms with Crippen LogP contribution in [-0.4, -0.2) is 35.4 Å². The Balaban J connectivity index is 2.30. The number of benzene rings is 1. The SMILES string of the molecule is CN(C)c1ccc(N=Cc2c(O)[nH]c(=O)[nH]c2=O)cc1. The van der Waals surface area contributed by atoms with Gasteiger partial charge in [0, 0.05) is 26.0 Å². The summed E-state index contributed by atoms with van der Waals surface area (Å²) < 4.78 is 0. The van der Waals surface area contributed by atoms with Gasteiger partial charge in [-0.05, 0) is 24.3 Å². The van der Waals surface area contributed by atoms with Crippen molar-refractivity contribution in [1.82, 2.24) is 9.97 Å². The molecular weight excluding hydrogens is 260 g/mol. The van der Waals surface area contributed by atoms with E-state index in [4.69, 9.17) is 0 Å². The fraction of sp³-hybridized carbons (Fsp3) is 0.154. The van der Waals surface area contributed by atoms with Gasteiger partial charge in [-0.3, -0.25) is 19.8 Å². The average Bonchev–Trinajstić information content (AvgIpc) is 2.38. The Kier molecular flexibility index (Phi) is 3.69. The molecule has 1 heterocycles. The second kappa shape index (κ2) is 5.43. The normalized spacial score (nSPS) is 10.9. The van der Waals surface area contributed by atoms with Gasteiger partial charge in [-0.2, -0.15) is 0 Å². The molecule has 0 saturated carbocycles. The van der Waals surface area contributed by atoms with E-state index in [-0.39, 0.29) is 5.56 Å². The Hall–Kier alpha value is -2.83. The van der Waals surface area contributed by atoms with Gasteiger partial charge in [-0.15, -0.1) is 0 Å². The molecule has 3 N–H and O–H groups in total. The monoisotopic (exact) mass is 274 g/mol. The molecule has 104 valence electrons. The third kappa shape index (κ3) is 2.94. The Bertz CT molecular complexity index is 741. The molecule has 0 unspecified atom stereocenters. The van der Waals surface area contributed by atoms with Gasteiger partial charge in [0.15, 0.2) is 0 Å². The van der Waals surface area contributed by atoms with Crippen LogP contribution in [0.1, 0.15) is 5.56 Å². The summed E-state index contributed by atoms with van der Waals surface area (Å²) >= 11 is 0. The molecule has 2 aromatic rings. The molecule has 0 radical (unpaired) electrons. The molecule has 0 amide bonds. The quantitative estimate of drug-likeness (QED) is 0.713. The Morgan fingerprint density at radius 2 is 1.80 bits per heavy atom. The molecular formula is C13H14N4O3. The minimum Gasteiger partial charge on any atom is -0.494 e. The van der Waals surface area contributed by atoms with Crippen molar-refractivity contribution in [3.05, 3.63) is 50.7 Å². The van der Waals surface area contributed by atoms with E-state index in [0.29, 0.717) is 5.69 Å². The first-order chi connectivity index (χ1) is 9.47. The summed E-state index contributed by atoms with van der Waals surface area (Å²) in [6.45, 7) is 0. The minimum atomic E-state index is -0.764. The number of hydrogen-bond acceptors (Lipinski definition) is 5. The summed E-state index contributed by atoms with van der Waals surface area (Å²) in [6.07, 6.45) is 1.20. The zero-order chi connectivity index (χ0) is 14.7. The molecule has 20 heavy (non-hydrogen) atoms. The number of anilines is 1. The van der Waals surface area contributed by atoms with Crippen molar-refractivity contribution in [2.24, 2.45) is 4.99 Å². The van der Waals surface area contributed by atoms with Crippen molar-refractivity contribution in [3.8, 4) is 5.88 Å². The second-order valence-electron chi connectivity index (χ2n) is 4.34. The van der Waals surface area contributed by atoms with Gasteiger partial charge in [-0.1, -0.05) is 0 Å². The molecule has 0 saturated heterocycles. The first kappa shape index (κ1) is 13.6. The lowest BCUT2D eigenvalue weighted by molar-refractivity contribution is 0.447. The lowest BCUT2D eigenvalue weighted by atomic mass is 10.2. The largest absolute Gasteiger partial charge is 0.494 e.